The van der Waals surface area contributed by atoms with Crippen LogP contribution in [-0.2, 0) is 12.8 Å². The molecule has 0 aliphatic heterocycles. The molecule has 1 aromatic heterocycles. The van der Waals surface area contributed by atoms with Gasteiger partial charge in [-0.2, -0.15) is 5.26 Å². The van der Waals surface area contributed by atoms with Crippen molar-refractivity contribution in [2.45, 2.75) is 25.7 Å². The van der Waals surface area contributed by atoms with Crippen LogP contribution in [0, 0.1) is 11.3 Å². The van der Waals surface area contributed by atoms with Crippen LogP contribution in [0.25, 0.3) is 0 Å². The summed E-state index contributed by atoms with van der Waals surface area (Å²) in [7, 11) is 0. The van der Waals surface area contributed by atoms with Gasteiger partial charge in [-0.25, -0.2) is 0 Å². The van der Waals surface area contributed by atoms with Crippen molar-refractivity contribution in [3.8, 4) is 6.07 Å². The Morgan fingerprint density at radius 3 is 2.74 bits per heavy atom. The molecule has 3 rings (SSSR count). The number of thiophene rings is 1. The van der Waals surface area contributed by atoms with Gasteiger partial charge in [0.15, 0.2) is 5.78 Å². The van der Waals surface area contributed by atoms with Crippen molar-refractivity contribution < 1.29 is 4.79 Å². The molecule has 2 aromatic rings. The Morgan fingerprint density at radius 1 is 1.26 bits per heavy atom. The zero-order valence-electron chi connectivity index (χ0n) is 12.4. The number of nitriles is 1. The monoisotopic (exact) mass is 342 g/mol. The minimum Gasteiger partial charge on any atom is -0.352 e. The van der Waals surface area contributed by atoms with Crippen molar-refractivity contribution in [1.29, 1.82) is 5.26 Å². The van der Waals surface area contributed by atoms with Crippen LogP contribution in [-0.4, -0.2) is 5.78 Å². The van der Waals surface area contributed by atoms with Gasteiger partial charge in [-0.15, -0.1) is 11.3 Å². The number of hydrogen-bond acceptors (Lipinski definition) is 4. The molecule has 1 N–H and O–H groups in total. The number of ketones is 1. The van der Waals surface area contributed by atoms with Gasteiger partial charge < -0.3 is 5.32 Å². The van der Waals surface area contributed by atoms with Gasteiger partial charge in [0.05, 0.1) is 5.56 Å². The number of allylic oxidation sites excluding steroid dienone is 1. The zero-order valence-corrected chi connectivity index (χ0v) is 14.0. The predicted molar refractivity (Wildman–Crippen MR) is 94.2 cm³/mol. The first-order chi connectivity index (χ1) is 11.2. The maximum atomic E-state index is 12.1. The van der Waals surface area contributed by atoms with Crippen molar-refractivity contribution in [3.05, 3.63) is 63.1 Å². The summed E-state index contributed by atoms with van der Waals surface area (Å²) in [5.74, 6) is -0.103. The Morgan fingerprint density at radius 2 is 2.00 bits per heavy atom. The van der Waals surface area contributed by atoms with Crippen LogP contribution in [0.5, 0.6) is 0 Å². The Kier molecular flexibility index (Phi) is 4.80. The minimum absolute atomic E-state index is 0.103. The van der Waals surface area contributed by atoms with Crippen molar-refractivity contribution in [2.24, 2.45) is 0 Å². The lowest BCUT2D eigenvalue weighted by atomic mass is 9.96. The summed E-state index contributed by atoms with van der Waals surface area (Å²) in [6.07, 6.45) is 7.43. The number of aryl methyl sites for hydroxylation is 1. The summed E-state index contributed by atoms with van der Waals surface area (Å²) in [5, 5.41) is 13.9. The van der Waals surface area contributed by atoms with E-state index in [1.165, 1.54) is 22.9 Å². The van der Waals surface area contributed by atoms with E-state index in [0.29, 0.717) is 10.6 Å². The highest BCUT2D eigenvalue weighted by Gasteiger charge is 2.20. The van der Waals surface area contributed by atoms with Crippen LogP contribution >= 0.6 is 22.9 Å². The molecule has 1 aromatic carbocycles. The zero-order chi connectivity index (χ0) is 16.2. The van der Waals surface area contributed by atoms with E-state index in [9.17, 15) is 10.1 Å². The molecule has 0 unspecified atom stereocenters. The van der Waals surface area contributed by atoms with Crippen LogP contribution in [0.15, 0.2) is 36.5 Å². The lowest BCUT2D eigenvalue weighted by Crippen LogP contribution is -2.00. The molecule has 1 aliphatic rings. The van der Waals surface area contributed by atoms with Crippen LogP contribution in [0.1, 0.15) is 39.2 Å². The molecule has 0 atom stereocenters. The SMILES string of the molecule is N#Cc1c(NC=CC(=O)c2ccc(Cl)cc2)sc2c1CCCC2. The summed E-state index contributed by atoms with van der Waals surface area (Å²) in [5.41, 5.74) is 2.50. The average molecular weight is 343 g/mol. The van der Waals surface area contributed by atoms with E-state index in [1.54, 1.807) is 41.8 Å². The molecule has 3 nitrogen and oxygen atoms in total. The summed E-state index contributed by atoms with van der Waals surface area (Å²) >= 11 is 7.44. The van der Waals surface area contributed by atoms with Gasteiger partial charge >= 0.3 is 0 Å². The number of nitrogens with zero attached hydrogens (tertiary/aromatic N) is 1. The second-order valence-corrected chi connectivity index (χ2v) is 6.92. The van der Waals surface area contributed by atoms with Crippen molar-refractivity contribution in [1.82, 2.24) is 0 Å². The topological polar surface area (TPSA) is 52.9 Å². The lowest BCUT2D eigenvalue weighted by Gasteiger charge is -2.09. The Labute approximate surface area is 144 Å². The van der Waals surface area contributed by atoms with Crippen molar-refractivity contribution >= 4 is 33.7 Å². The van der Waals surface area contributed by atoms with Crippen LogP contribution in [0.3, 0.4) is 0 Å². The van der Waals surface area contributed by atoms with E-state index in [1.807, 2.05) is 0 Å². The summed E-state index contributed by atoms with van der Waals surface area (Å²) in [4.78, 5) is 13.4. The van der Waals surface area contributed by atoms with E-state index in [0.717, 1.165) is 29.8 Å². The van der Waals surface area contributed by atoms with E-state index < -0.39 is 0 Å². The second-order valence-electron chi connectivity index (χ2n) is 5.38. The van der Waals surface area contributed by atoms with E-state index in [4.69, 9.17) is 11.6 Å². The number of carbonyl (C=O) groups is 1. The summed E-state index contributed by atoms with van der Waals surface area (Å²) in [6, 6.07) is 9.07. The Balaban J connectivity index is 1.73. The summed E-state index contributed by atoms with van der Waals surface area (Å²) < 4.78 is 0. The molecule has 0 spiro atoms. The molecule has 0 saturated heterocycles. The minimum atomic E-state index is -0.103. The molecular weight excluding hydrogens is 328 g/mol. The highest BCUT2D eigenvalue weighted by molar-refractivity contribution is 7.16. The van der Waals surface area contributed by atoms with Crippen LogP contribution in [0.4, 0.5) is 5.00 Å². The largest absolute Gasteiger partial charge is 0.352 e. The number of nitrogens with one attached hydrogen (secondary N) is 1. The second kappa shape index (κ2) is 6.99. The van der Waals surface area contributed by atoms with E-state index >= 15 is 0 Å². The number of rotatable bonds is 4. The molecule has 0 amide bonds. The third-order valence-corrected chi connectivity index (χ3v) is 5.34. The number of fused-ring (bicyclic) bond motifs is 1. The van der Waals surface area contributed by atoms with Crippen LogP contribution in [0.2, 0.25) is 5.02 Å². The molecule has 0 fully saturated rings. The van der Waals surface area contributed by atoms with Gasteiger partial charge in [0.1, 0.15) is 11.1 Å². The van der Waals surface area contributed by atoms with Crippen LogP contribution < -0.4 is 5.32 Å². The predicted octanol–water partition coefficient (Wildman–Crippen LogP) is 4.96. The standard InChI is InChI=1S/C18H15ClN2OS/c19-13-7-5-12(6-8-13)16(22)9-10-21-18-15(11-20)14-3-1-2-4-17(14)23-18/h5-10,21H,1-4H2. The maximum absolute atomic E-state index is 12.1. The Hall–Kier alpha value is -2.09. The quantitative estimate of drug-likeness (QED) is 0.631. The maximum Gasteiger partial charge on any atom is 0.187 e. The average Bonchev–Trinajstić information content (AvgIpc) is 2.92. The highest BCUT2D eigenvalue weighted by atomic mass is 35.5. The number of anilines is 1. The highest BCUT2D eigenvalue weighted by Crippen LogP contribution is 2.37. The fraction of sp³-hybridized carbons (Fsp3) is 0.222. The number of hydrogen-bond donors (Lipinski definition) is 1. The molecule has 0 radical (unpaired) electrons. The molecule has 0 saturated carbocycles. The molecule has 0 bridgehead atoms. The van der Waals surface area contributed by atoms with Gasteiger partial charge in [0.25, 0.3) is 0 Å². The van der Waals surface area contributed by atoms with E-state index in [2.05, 4.69) is 11.4 Å². The Bertz CT molecular complexity index is 800. The fourth-order valence-electron chi connectivity index (χ4n) is 2.69. The number of halogens is 1. The fourth-order valence-corrected chi connectivity index (χ4v) is 4.03. The third kappa shape index (κ3) is 3.47. The van der Waals surface area contributed by atoms with Gasteiger partial charge in [-0.1, -0.05) is 11.6 Å². The molecule has 1 aliphatic carbocycles. The first kappa shape index (κ1) is 15.8. The normalized spacial score (nSPS) is 13.6. The van der Waals surface area contributed by atoms with Gasteiger partial charge in [0.2, 0.25) is 0 Å². The molecular formula is C18H15ClN2OS. The number of benzene rings is 1. The molecule has 5 heteroatoms. The van der Waals surface area contributed by atoms with Crippen molar-refractivity contribution in [3.63, 3.8) is 0 Å². The number of carbonyl (C=O) groups excluding carboxylic acids is 1. The first-order valence-corrected chi connectivity index (χ1v) is 8.66. The molecule has 116 valence electrons. The third-order valence-electron chi connectivity index (χ3n) is 3.86. The van der Waals surface area contributed by atoms with Crippen molar-refractivity contribution in [2.75, 3.05) is 5.32 Å². The smallest absolute Gasteiger partial charge is 0.187 e. The van der Waals surface area contributed by atoms with Gasteiger partial charge in [-0.3, -0.25) is 4.79 Å². The van der Waals surface area contributed by atoms with E-state index in [-0.39, 0.29) is 5.78 Å². The lowest BCUT2D eigenvalue weighted by molar-refractivity contribution is 0.104. The summed E-state index contributed by atoms with van der Waals surface area (Å²) in [6.45, 7) is 0. The van der Waals surface area contributed by atoms with Gasteiger partial charge in [-0.05, 0) is 55.5 Å². The van der Waals surface area contributed by atoms with Gasteiger partial charge in [0, 0.05) is 27.7 Å². The molecule has 1 heterocycles. The first-order valence-electron chi connectivity index (χ1n) is 7.46. The molecule has 23 heavy (non-hydrogen) atoms.